The zero-order valence-corrected chi connectivity index (χ0v) is 6.78. The van der Waals surface area contributed by atoms with E-state index >= 15 is 0 Å². The van der Waals surface area contributed by atoms with Crippen molar-refractivity contribution < 1.29 is 14.3 Å². The van der Waals surface area contributed by atoms with Crippen molar-refractivity contribution >= 4 is 12.0 Å². The molecule has 1 aromatic heterocycles. The molecule has 1 aromatic rings. The van der Waals surface area contributed by atoms with Gasteiger partial charge in [-0.1, -0.05) is 6.92 Å². The van der Waals surface area contributed by atoms with Crippen LogP contribution in [-0.4, -0.2) is 11.1 Å². The maximum atomic E-state index is 10.5. The molecule has 0 aliphatic heterocycles. The van der Waals surface area contributed by atoms with Crippen LogP contribution < -0.4 is 0 Å². The van der Waals surface area contributed by atoms with Gasteiger partial charge in [-0.2, -0.15) is 0 Å². The van der Waals surface area contributed by atoms with Gasteiger partial charge in [-0.25, -0.2) is 4.79 Å². The summed E-state index contributed by atoms with van der Waals surface area (Å²) >= 11 is 0. The van der Waals surface area contributed by atoms with Gasteiger partial charge in [0.2, 0.25) is 0 Å². The molecule has 0 spiro atoms. The minimum Gasteiger partial charge on any atom is -0.478 e. The number of furan rings is 1. The summed E-state index contributed by atoms with van der Waals surface area (Å²) in [6, 6.07) is 3.44. The largest absolute Gasteiger partial charge is 0.478 e. The second-order valence-electron chi connectivity index (χ2n) is 2.34. The quantitative estimate of drug-likeness (QED) is 0.700. The van der Waals surface area contributed by atoms with Crippen LogP contribution in [0, 0.1) is 0 Å². The maximum absolute atomic E-state index is 10.5. The Morgan fingerprint density at radius 3 is 2.92 bits per heavy atom. The van der Waals surface area contributed by atoms with E-state index in [2.05, 4.69) is 0 Å². The molecule has 0 amide bonds. The summed E-state index contributed by atoms with van der Waals surface area (Å²) in [6.45, 7) is 1.79. The third-order valence-corrected chi connectivity index (χ3v) is 1.52. The summed E-state index contributed by atoms with van der Waals surface area (Å²) in [5, 5.41) is 8.66. The molecule has 1 heterocycles. The number of hydrogen-bond donors (Lipinski definition) is 1. The summed E-state index contributed by atoms with van der Waals surface area (Å²) in [7, 11) is 0. The molecule has 0 aliphatic rings. The number of carboxylic acids is 1. The fourth-order valence-corrected chi connectivity index (χ4v) is 0.860. The van der Waals surface area contributed by atoms with Gasteiger partial charge < -0.3 is 9.52 Å². The zero-order chi connectivity index (χ0) is 8.97. The van der Waals surface area contributed by atoms with Crippen molar-refractivity contribution in [2.45, 2.75) is 13.3 Å². The first-order valence-corrected chi connectivity index (χ1v) is 3.71. The predicted molar refractivity (Wildman–Crippen MR) is 44.6 cm³/mol. The van der Waals surface area contributed by atoms with Gasteiger partial charge >= 0.3 is 5.97 Å². The first-order valence-electron chi connectivity index (χ1n) is 3.71. The topological polar surface area (TPSA) is 50.4 Å². The first-order chi connectivity index (χ1) is 5.74. The van der Waals surface area contributed by atoms with Crippen LogP contribution in [0.5, 0.6) is 0 Å². The van der Waals surface area contributed by atoms with Gasteiger partial charge in [0, 0.05) is 5.57 Å². The molecule has 0 unspecified atom stereocenters. The van der Waals surface area contributed by atoms with Gasteiger partial charge in [0.25, 0.3) is 0 Å². The van der Waals surface area contributed by atoms with Crippen LogP contribution in [0.15, 0.2) is 28.4 Å². The van der Waals surface area contributed by atoms with Crippen molar-refractivity contribution in [3.8, 4) is 0 Å². The molecule has 0 fully saturated rings. The monoisotopic (exact) mass is 166 g/mol. The van der Waals surface area contributed by atoms with Gasteiger partial charge in [0.1, 0.15) is 5.76 Å². The number of carbonyl (C=O) groups is 1. The Morgan fingerprint density at radius 1 is 1.75 bits per heavy atom. The fraction of sp³-hybridized carbons (Fsp3) is 0.222. The molecule has 0 saturated carbocycles. The van der Waals surface area contributed by atoms with Crippen molar-refractivity contribution in [1.82, 2.24) is 0 Å². The van der Waals surface area contributed by atoms with Gasteiger partial charge in [-0.15, -0.1) is 0 Å². The highest BCUT2D eigenvalue weighted by Gasteiger charge is 2.04. The Balaban J connectivity index is 2.85. The molecule has 0 aromatic carbocycles. The lowest BCUT2D eigenvalue weighted by molar-refractivity contribution is -0.132. The van der Waals surface area contributed by atoms with Crippen LogP contribution in [0.1, 0.15) is 19.1 Å². The molecule has 1 N–H and O–H groups in total. The minimum atomic E-state index is -0.895. The summed E-state index contributed by atoms with van der Waals surface area (Å²) in [5.41, 5.74) is 0.352. The molecule has 0 radical (unpaired) electrons. The predicted octanol–water partition coefficient (Wildman–Crippen LogP) is 2.16. The van der Waals surface area contributed by atoms with Crippen molar-refractivity contribution in [2.75, 3.05) is 0 Å². The number of rotatable bonds is 3. The molecule has 12 heavy (non-hydrogen) atoms. The molecule has 3 heteroatoms. The SMILES string of the molecule is CCC(=Cc1ccco1)C(=O)O. The van der Waals surface area contributed by atoms with E-state index in [0.717, 1.165) is 0 Å². The average Bonchev–Trinajstić information content (AvgIpc) is 2.51. The smallest absolute Gasteiger partial charge is 0.331 e. The van der Waals surface area contributed by atoms with Crippen LogP contribution in [0.4, 0.5) is 0 Å². The van der Waals surface area contributed by atoms with Crippen LogP contribution in [-0.2, 0) is 4.79 Å². The van der Waals surface area contributed by atoms with Crippen LogP contribution >= 0.6 is 0 Å². The van der Waals surface area contributed by atoms with Crippen molar-refractivity contribution in [3.63, 3.8) is 0 Å². The standard InChI is InChI=1S/C9H10O3/c1-2-7(9(10)11)6-8-4-3-5-12-8/h3-6H,2H2,1H3,(H,10,11). The number of carboxylic acid groups (broad SMARTS) is 1. The molecule has 0 saturated heterocycles. The van der Waals surface area contributed by atoms with E-state index in [-0.39, 0.29) is 0 Å². The number of aliphatic carboxylic acids is 1. The highest BCUT2D eigenvalue weighted by molar-refractivity contribution is 5.91. The third kappa shape index (κ3) is 1.99. The minimum absolute atomic E-state index is 0.352. The fourth-order valence-electron chi connectivity index (χ4n) is 0.860. The molecule has 1 rings (SSSR count). The Morgan fingerprint density at radius 2 is 2.50 bits per heavy atom. The van der Waals surface area contributed by atoms with Gasteiger partial charge in [-0.3, -0.25) is 0 Å². The van der Waals surface area contributed by atoms with Crippen LogP contribution in [0.25, 0.3) is 6.08 Å². The number of hydrogen-bond acceptors (Lipinski definition) is 2. The molecule has 64 valence electrons. The Bertz CT molecular complexity index is 283. The Labute approximate surface area is 70.3 Å². The lowest BCUT2D eigenvalue weighted by Crippen LogP contribution is -1.98. The van der Waals surface area contributed by atoms with Crippen molar-refractivity contribution in [2.24, 2.45) is 0 Å². The van der Waals surface area contributed by atoms with Crippen molar-refractivity contribution in [1.29, 1.82) is 0 Å². The second-order valence-corrected chi connectivity index (χ2v) is 2.34. The van der Waals surface area contributed by atoms with E-state index in [1.807, 2.05) is 0 Å². The normalized spacial score (nSPS) is 11.6. The third-order valence-electron chi connectivity index (χ3n) is 1.52. The highest BCUT2D eigenvalue weighted by atomic mass is 16.4. The van der Waals surface area contributed by atoms with Gasteiger partial charge in [0.15, 0.2) is 0 Å². The van der Waals surface area contributed by atoms with Crippen LogP contribution in [0.2, 0.25) is 0 Å². The Hall–Kier alpha value is -1.51. The summed E-state index contributed by atoms with van der Waals surface area (Å²) in [5.74, 6) is -0.317. The molecule has 0 aliphatic carbocycles. The molecular weight excluding hydrogens is 156 g/mol. The zero-order valence-electron chi connectivity index (χ0n) is 6.78. The first kappa shape index (κ1) is 8.59. The molecule has 0 atom stereocenters. The van der Waals surface area contributed by atoms with E-state index in [4.69, 9.17) is 9.52 Å². The summed E-state index contributed by atoms with van der Waals surface area (Å²) in [4.78, 5) is 10.5. The summed E-state index contributed by atoms with van der Waals surface area (Å²) < 4.78 is 4.98. The lowest BCUT2D eigenvalue weighted by Gasteiger charge is -1.94. The van der Waals surface area contributed by atoms with Gasteiger partial charge in [0.05, 0.1) is 6.26 Å². The molecular formula is C9H10O3. The van der Waals surface area contributed by atoms with E-state index in [0.29, 0.717) is 17.8 Å². The van der Waals surface area contributed by atoms with E-state index in [9.17, 15) is 4.79 Å². The van der Waals surface area contributed by atoms with E-state index in [1.54, 1.807) is 19.1 Å². The maximum Gasteiger partial charge on any atom is 0.331 e. The van der Waals surface area contributed by atoms with E-state index < -0.39 is 5.97 Å². The van der Waals surface area contributed by atoms with Crippen molar-refractivity contribution in [3.05, 3.63) is 29.7 Å². The van der Waals surface area contributed by atoms with E-state index in [1.165, 1.54) is 12.3 Å². The summed E-state index contributed by atoms with van der Waals surface area (Å²) in [6.07, 6.45) is 3.54. The lowest BCUT2D eigenvalue weighted by atomic mass is 10.2. The Kier molecular flexibility index (Phi) is 2.69. The van der Waals surface area contributed by atoms with Gasteiger partial charge in [-0.05, 0) is 24.6 Å². The second kappa shape index (κ2) is 3.76. The molecule has 0 bridgehead atoms. The highest BCUT2D eigenvalue weighted by Crippen LogP contribution is 2.09. The molecule has 3 nitrogen and oxygen atoms in total. The average molecular weight is 166 g/mol. The van der Waals surface area contributed by atoms with Crippen LogP contribution in [0.3, 0.4) is 0 Å².